The zero-order chi connectivity index (χ0) is 28.2. The molecule has 2 aliphatic rings. The number of aromatic nitrogens is 1. The second-order valence-electron chi connectivity index (χ2n) is 11.1. The van der Waals surface area contributed by atoms with E-state index in [1.807, 2.05) is 39.8 Å². The third-order valence-electron chi connectivity index (χ3n) is 7.22. The summed E-state index contributed by atoms with van der Waals surface area (Å²) in [5, 5.41) is 4.57. The number of hydrogen-bond donors (Lipinski definition) is 1. The summed E-state index contributed by atoms with van der Waals surface area (Å²) in [6, 6.07) is 6.17. The number of ether oxygens (including phenoxy) is 4. The lowest BCUT2D eigenvalue weighted by molar-refractivity contribution is -0.164. The molecule has 0 saturated carbocycles. The molecule has 0 aliphatic carbocycles. The number of nitrogens with zero attached hydrogens (tertiary/aromatic N) is 2. The zero-order valence-electron chi connectivity index (χ0n) is 23.4. The molecule has 39 heavy (non-hydrogen) atoms. The monoisotopic (exact) mass is 541 g/mol. The lowest BCUT2D eigenvalue weighted by atomic mass is 9.85. The SMILES string of the molecule is CCOC1[C@H]2C[C@@H](C(=O)OC)N1C(=O)[C@H](C(C)(C)C)NC(=O)OCCCCCc1ccc3ccnc(c3c1)O2. The van der Waals surface area contributed by atoms with E-state index in [4.69, 9.17) is 18.9 Å². The van der Waals surface area contributed by atoms with Crippen LogP contribution in [0.5, 0.6) is 5.88 Å². The minimum atomic E-state index is -0.990. The number of hydrogen-bond acceptors (Lipinski definition) is 8. The predicted octanol–water partition coefficient (Wildman–Crippen LogP) is 3.99. The molecule has 4 atom stereocenters. The Morgan fingerprint density at radius 1 is 1.18 bits per heavy atom. The number of amides is 2. The van der Waals surface area contributed by atoms with Gasteiger partial charge in [0.25, 0.3) is 0 Å². The maximum atomic E-state index is 14.1. The van der Waals surface area contributed by atoms with Gasteiger partial charge in [-0.25, -0.2) is 14.6 Å². The van der Waals surface area contributed by atoms with Crippen LogP contribution in [0.4, 0.5) is 4.79 Å². The summed E-state index contributed by atoms with van der Waals surface area (Å²) in [4.78, 5) is 45.7. The predicted molar refractivity (Wildman–Crippen MR) is 144 cm³/mol. The van der Waals surface area contributed by atoms with E-state index in [-0.39, 0.29) is 19.6 Å². The van der Waals surface area contributed by atoms with E-state index in [0.717, 1.165) is 35.6 Å². The first-order valence-corrected chi connectivity index (χ1v) is 13.6. The molecule has 10 heteroatoms. The first-order valence-electron chi connectivity index (χ1n) is 13.6. The number of carbonyl (C=O) groups excluding carboxylic acids is 3. The van der Waals surface area contributed by atoms with Crippen LogP contribution in [0.15, 0.2) is 30.5 Å². The van der Waals surface area contributed by atoms with E-state index < -0.39 is 47.8 Å². The number of nitrogens with one attached hydrogen (secondary N) is 1. The third-order valence-corrected chi connectivity index (χ3v) is 7.22. The topological polar surface area (TPSA) is 116 Å². The number of aryl methyl sites for hydroxylation is 1. The maximum absolute atomic E-state index is 14.1. The van der Waals surface area contributed by atoms with E-state index in [1.54, 1.807) is 6.20 Å². The van der Waals surface area contributed by atoms with Gasteiger partial charge in [-0.3, -0.25) is 9.69 Å². The highest BCUT2D eigenvalue weighted by molar-refractivity contribution is 5.91. The van der Waals surface area contributed by atoms with Gasteiger partial charge < -0.3 is 24.3 Å². The Morgan fingerprint density at radius 2 is 1.97 bits per heavy atom. The largest absolute Gasteiger partial charge is 0.469 e. The first kappa shape index (κ1) is 28.6. The molecule has 4 bridgehead atoms. The molecular weight excluding hydrogens is 502 g/mol. The lowest BCUT2D eigenvalue weighted by Crippen LogP contribution is -2.59. The summed E-state index contributed by atoms with van der Waals surface area (Å²) in [5.74, 6) is -0.653. The summed E-state index contributed by atoms with van der Waals surface area (Å²) in [6.07, 6.45) is 2.91. The summed E-state index contributed by atoms with van der Waals surface area (Å²) in [5.41, 5.74) is 0.450. The van der Waals surface area contributed by atoms with Crippen LogP contribution in [0, 0.1) is 5.41 Å². The Hall–Kier alpha value is -3.40. The Morgan fingerprint density at radius 3 is 2.69 bits per heavy atom. The fourth-order valence-electron chi connectivity index (χ4n) is 5.21. The van der Waals surface area contributed by atoms with Crippen LogP contribution in [0.25, 0.3) is 10.8 Å². The van der Waals surface area contributed by atoms with Crippen molar-refractivity contribution in [2.24, 2.45) is 5.41 Å². The highest BCUT2D eigenvalue weighted by Gasteiger charge is 2.53. The molecule has 1 N–H and O–H groups in total. The Kier molecular flexibility index (Phi) is 8.94. The molecule has 1 aromatic carbocycles. The molecule has 3 heterocycles. The summed E-state index contributed by atoms with van der Waals surface area (Å²) in [6.45, 7) is 7.84. The van der Waals surface area contributed by atoms with E-state index in [9.17, 15) is 14.4 Å². The summed E-state index contributed by atoms with van der Waals surface area (Å²) < 4.78 is 23.0. The van der Waals surface area contributed by atoms with Gasteiger partial charge in [0, 0.05) is 24.6 Å². The van der Waals surface area contributed by atoms with Gasteiger partial charge in [-0.15, -0.1) is 0 Å². The number of fused-ring (bicyclic) bond motifs is 3. The standard InChI is InChI=1S/C29H39N3O7/c1-6-37-26-22-17-21(27(34)36-5)32(26)25(33)23(29(2,3)4)31-28(35)38-15-9-7-8-10-18-11-12-19-13-14-30-24(39-22)20(19)16-18/h11-14,16,21-23,26H,6-10,15,17H2,1-5H3,(H,31,35)/t21-,22+,23+,26?/m0/s1. The number of benzene rings is 1. The molecule has 212 valence electrons. The first-order chi connectivity index (χ1) is 18.6. The Labute approximate surface area is 229 Å². The molecule has 10 nitrogen and oxygen atoms in total. The van der Waals surface area contributed by atoms with Crippen molar-refractivity contribution in [1.82, 2.24) is 15.2 Å². The average Bonchev–Trinajstić information content (AvgIpc) is 3.25. The Bertz CT molecular complexity index is 1200. The lowest BCUT2D eigenvalue weighted by Gasteiger charge is -2.37. The van der Waals surface area contributed by atoms with Gasteiger partial charge in [0.1, 0.15) is 18.2 Å². The van der Waals surface area contributed by atoms with Crippen molar-refractivity contribution < 1.29 is 33.3 Å². The zero-order valence-corrected chi connectivity index (χ0v) is 23.4. The minimum absolute atomic E-state index is 0.141. The molecule has 0 radical (unpaired) electrons. The van der Waals surface area contributed by atoms with Gasteiger partial charge in [-0.05, 0) is 61.1 Å². The highest BCUT2D eigenvalue weighted by Crippen LogP contribution is 2.35. The van der Waals surface area contributed by atoms with Gasteiger partial charge >= 0.3 is 12.1 Å². The number of methoxy groups -OCH3 is 1. The van der Waals surface area contributed by atoms with Crippen molar-refractivity contribution in [3.8, 4) is 5.88 Å². The average molecular weight is 542 g/mol. The molecule has 1 aromatic heterocycles. The number of alkyl carbamates (subject to hydrolysis) is 1. The third kappa shape index (κ3) is 6.43. The molecule has 1 unspecified atom stereocenters. The second-order valence-corrected chi connectivity index (χ2v) is 11.1. The van der Waals surface area contributed by atoms with Crippen LogP contribution in [0.3, 0.4) is 0 Å². The molecule has 4 rings (SSSR count). The Balaban J connectivity index is 1.80. The van der Waals surface area contributed by atoms with Crippen molar-refractivity contribution in [3.63, 3.8) is 0 Å². The molecule has 1 saturated heterocycles. The number of rotatable bonds is 3. The van der Waals surface area contributed by atoms with Crippen LogP contribution in [0.2, 0.25) is 0 Å². The van der Waals surface area contributed by atoms with Gasteiger partial charge in [0.05, 0.1) is 13.7 Å². The van der Waals surface area contributed by atoms with Crippen LogP contribution >= 0.6 is 0 Å². The summed E-state index contributed by atoms with van der Waals surface area (Å²) in [7, 11) is 1.28. The van der Waals surface area contributed by atoms with Crippen molar-refractivity contribution in [2.75, 3.05) is 20.3 Å². The number of cyclic esters (lactones) is 1. The molecule has 1 fully saturated rings. The smallest absolute Gasteiger partial charge is 0.407 e. The van der Waals surface area contributed by atoms with Crippen molar-refractivity contribution in [3.05, 3.63) is 36.0 Å². The normalized spacial score (nSPS) is 24.9. The molecule has 0 spiro atoms. The van der Waals surface area contributed by atoms with E-state index >= 15 is 0 Å². The van der Waals surface area contributed by atoms with Crippen molar-refractivity contribution in [2.45, 2.75) is 84.2 Å². The van der Waals surface area contributed by atoms with Crippen molar-refractivity contribution >= 4 is 28.7 Å². The van der Waals surface area contributed by atoms with Crippen LogP contribution in [-0.4, -0.2) is 72.6 Å². The fourth-order valence-corrected chi connectivity index (χ4v) is 5.21. The molecule has 2 aliphatic heterocycles. The number of carbonyl (C=O) groups is 3. The minimum Gasteiger partial charge on any atom is -0.469 e. The van der Waals surface area contributed by atoms with Crippen LogP contribution in [-0.2, 0) is 30.2 Å². The quantitative estimate of drug-likeness (QED) is 0.580. The van der Waals surface area contributed by atoms with Gasteiger partial charge in [0.15, 0.2) is 6.23 Å². The molecule has 2 amide bonds. The maximum Gasteiger partial charge on any atom is 0.407 e. The second kappa shape index (κ2) is 12.2. The van der Waals surface area contributed by atoms with Gasteiger partial charge in [-0.2, -0.15) is 0 Å². The van der Waals surface area contributed by atoms with Crippen LogP contribution in [0.1, 0.15) is 58.9 Å². The van der Waals surface area contributed by atoms with Crippen LogP contribution < -0.4 is 10.1 Å². The fraction of sp³-hybridized carbons (Fsp3) is 0.586. The molecule has 2 aromatic rings. The summed E-state index contributed by atoms with van der Waals surface area (Å²) >= 11 is 0. The molecular formula is C29H39N3O7. The van der Waals surface area contributed by atoms with Gasteiger partial charge in [-0.1, -0.05) is 32.9 Å². The highest BCUT2D eigenvalue weighted by atomic mass is 16.6. The van der Waals surface area contributed by atoms with Crippen molar-refractivity contribution in [1.29, 1.82) is 0 Å². The van der Waals surface area contributed by atoms with E-state index in [2.05, 4.69) is 22.4 Å². The van der Waals surface area contributed by atoms with E-state index in [0.29, 0.717) is 12.3 Å². The van der Waals surface area contributed by atoms with E-state index in [1.165, 1.54) is 12.0 Å². The van der Waals surface area contributed by atoms with Gasteiger partial charge in [0.2, 0.25) is 11.8 Å². The number of pyridine rings is 1. The number of esters is 1.